The van der Waals surface area contributed by atoms with Crippen LogP contribution in [-0.2, 0) is 20.8 Å². The number of hydrogen-bond acceptors (Lipinski definition) is 6. The van der Waals surface area contributed by atoms with Crippen molar-refractivity contribution in [2.24, 2.45) is 27.9 Å². The lowest BCUT2D eigenvalue weighted by atomic mass is 10.0. The molecule has 3 amide bonds. The normalized spacial score (nSPS) is 12.3. The predicted molar refractivity (Wildman–Crippen MR) is 153 cm³/mol. The average Bonchev–Trinajstić information content (AvgIpc) is 2.87. The van der Waals surface area contributed by atoms with E-state index in [2.05, 4.69) is 20.9 Å². The molecule has 0 saturated heterocycles. The Kier molecular flexibility index (Phi) is 17.1. The number of nitrogens with one attached hydrogen (secondary N) is 3. The van der Waals surface area contributed by atoms with Gasteiger partial charge in [-0.1, -0.05) is 29.3 Å². The molecule has 0 aromatic heterocycles. The molecule has 0 aliphatic rings. The number of benzene rings is 1. The summed E-state index contributed by atoms with van der Waals surface area (Å²) >= 11 is 12.0. The molecule has 0 spiro atoms. The van der Waals surface area contributed by atoms with Crippen molar-refractivity contribution in [2.45, 2.75) is 69.9 Å². The lowest BCUT2D eigenvalue weighted by Gasteiger charge is -2.23. The van der Waals surface area contributed by atoms with Crippen LogP contribution in [0.3, 0.4) is 0 Å². The minimum atomic E-state index is -0.818. The Hall–Kier alpha value is -2.60. The van der Waals surface area contributed by atoms with Gasteiger partial charge in [0.15, 0.2) is 5.96 Å². The predicted octanol–water partition coefficient (Wildman–Crippen LogP) is 0.933. The van der Waals surface area contributed by atoms with Crippen LogP contribution >= 0.6 is 23.2 Å². The second-order valence-corrected chi connectivity index (χ2v) is 9.79. The van der Waals surface area contributed by atoms with Crippen molar-refractivity contribution in [1.29, 1.82) is 0 Å². The highest BCUT2D eigenvalue weighted by Gasteiger charge is 2.26. The maximum absolute atomic E-state index is 13.2. The Balaban J connectivity index is 2.80. The number of hydrogen-bond donors (Lipinski definition) is 7. The van der Waals surface area contributed by atoms with E-state index in [4.69, 9.17) is 46.1 Å². The molecule has 2 atom stereocenters. The smallest absolute Gasteiger partial charge is 0.243 e. The highest BCUT2D eigenvalue weighted by atomic mass is 35.5. The second-order valence-electron chi connectivity index (χ2n) is 8.98. The molecule has 0 unspecified atom stereocenters. The summed E-state index contributed by atoms with van der Waals surface area (Å²) in [6.07, 6.45) is 4.95. The van der Waals surface area contributed by atoms with Crippen LogP contribution < -0.4 is 38.9 Å². The van der Waals surface area contributed by atoms with Crippen LogP contribution in [0.4, 0.5) is 0 Å². The molecule has 0 heterocycles. The van der Waals surface area contributed by atoms with E-state index in [0.29, 0.717) is 86.7 Å². The van der Waals surface area contributed by atoms with E-state index in [1.807, 2.05) is 0 Å². The summed E-state index contributed by atoms with van der Waals surface area (Å²) in [6.45, 7) is 1.85. The number of rotatable bonds is 19. The summed E-state index contributed by atoms with van der Waals surface area (Å²) in [7, 11) is 0. The summed E-state index contributed by atoms with van der Waals surface area (Å²) in [5, 5.41) is 9.21. The van der Waals surface area contributed by atoms with Gasteiger partial charge in [-0.15, -0.1) is 0 Å². The SMILES string of the molecule is NCCCC[C@H](NC(=O)Cc1ccc(Cl)c(Cl)c1)C(=O)N[C@@H](CCCCN)C(=O)NCCCCN=C(N)N. The summed E-state index contributed by atoms with van der Waals surface area (Å²) < 4.78 is 0. The first-order chi connectivity index (χ1) is 18.2. The quantitative estimate of drug-likeness (QED) is 0.0724. The Morgan fingerprint density at radius 1 is 0.816 bits per heavy atom. The van der Waals surface area contributed by atoms with Crippen LogP contribution in [0.25, 0.3) is 0 Å². The third-order valence-electron chi connectivity index (χ3n) is 5.71. The summed E-state index contributed by atoms with van der Waals surface area (Å²) in [5.74, 6) is -1.03. The van der Waals surface area contributed by atoms with E-state index in [9.17, 15) is 14.4 Å². The number of amides is 3. The van der Waals surface area contributed by atoms with Crippen LogP contribution in [-0.4, -0.2) is 61.9 Å². The molecule has 0 aliphatic heterocycles. The fourth-order valence-electron chi connectivity index (χ4n) is 3.66. The Labute approximate surface area is 234 Å². The van der Waals surface area contributed by atoms with Gasteiger partial charge >= 0.3 is 0 Å². The maximum atomic E-state index is 13.2. The summed E-state index contributed by atoms with van der Waals surface area (Å²) in [6, 6.07) is 3.36. The van der Waals surface area contributed by atoms with E-state index < -0.39 is 18.0 Å². The molecule has 0 aliphatic carbocycles. The first kappa shape index (κ1) is 33.4. The van der Waals surface area contributed by atoms with Gasteiger partial charge in [0, 0.05) is 13.1 Å². The number of nitrogens with zero attached hydrogens (tertiary/aromatic N) is 1. The number of guanidine groups is 1. The van der Waals surface area contributed by atoms with Crippen LogP contribution in [0.2, 0.25) is 10.0 Å². The van der Waals surface area contributed by atoms with Gasteiger partial charge in [0.25, 0.3) is 0 Å². The summed E-state index contributed by atoms with van der Waals surface area (Å²) in [5.41, 5.74) is 22.5. The van der Waals surface area contributed by atoms with Gasteiger partial charge in [-0.25, -0.2) is 0 Å². The van der Waals surface area contributed by atoms with Crippen LogP contribution in [0.15, 0.2) is 23.2 Å². The molecule has 13 heteroatoms. The highest BCUT2D eigenvalue weighted by Crippen LogP contribution is 2.22. The zero-order valence-corrected chi connectivity index (χ0v) is 23.3. The number of nitrogens with two attached hydrogens (primary N) is 4. The standard InChI is InChI=1S/C25H42Cl2N8O3/c26-18-10-9-17(15-19(18)27)16-22(36)34-21(8-2-4-12-29)24(38)35-20(7-1-3-11-28)23(37)32-13-5-6-14-33-25(30)31/h9-10,15,20-21H,1-8,11-14,16,28-29H2,(H,32,37)(H,34,36)(H,35,38)(H4,30,31,33)/t20-,21-/m0/s1. The Bertz CT molecular complexity index is 913. The average molecular weight is 574 g/mol. The fourth-order valence-corrected chi connectivity index (χ4v) is 3.98. The van der Waals surface area contributed by atoms with Crippen LogP contribution in [0.5, 0.6) is 0 Å². The van der Waals surface area contributed by atoms with Crippen molar-refractivity contribution < 1.29 is 14.4 Å². The van der Waals surface area contributed by atoms with Gasteiger partial charge in [0.2, 0.25) is 17.7 Å². The van der Waals surface area contributed by atoms with E-state index >= 15 is 0 Å². The zero-order valence-electron chi connectivity index (χ0n) is 21.8. The van der Waals surface area contributed by atoms with E-state index in [0.717, 1.165) is 6.42 Å². The molecule has 1 rings (SSSR count). The molecule has 0 fully saturated rings. The van der Waals surface area contributed by atoms with Gasteiger partial charge in [-0.05, 0) is 82.2 Å². The van der Waals surface area contributed by atoms with E-state index in [1.54, 1.807) is 18.2 Å². The zero-order chi connectivity index (χ0) is 28.3. The first-order valence-corrected chi connectivity index (χ1v) is 13.7. The van der Waals surface area contributed by atoms with Crippen molar-refractivity contribution in [3.63, 3.8) is 0 Å². The van der Waals surface area contributed by atoms with E-state index in [1.165, 1.54) is 0 Å². The lowest BCUT2D eigenvalue weighted by Crippen LogP contribution is -2.54. The molecule has 11 nitrogen and oxygen atoms in total. The monoisotopic (exact) mass is 572 g/mol. The Morgan fingerprint density at radius 3 is 2.03 bits per heavy atom. The van der Waals surface area contributed by atoms with Crippen molar-refractivity contribution in [3.05, 3.63) is 33.8 Å². The van der Waals surface area contributed by atoms with Crippen molar-refractivity contribution >= 4 is 46.9 Å². The molecule has 214 valence electrons. The molecule has 1 aromatic rings. The van der Waals surface area contributed by atoms with Crippen molar-refractivity contribution in [3.8, 4) is 0 Å². The lowest BCUT2D eigenvalue weighted by molar-refractivity contribution is -0.132. The highest BCUT2D eigenvalue weighted by molar-refractivity contribution is 6.42. The van der Waals surface area contributed by atoms with Crippen molar-refractivity contribution in [2.75, 3.05) is 26.2 Å². The van der Waals surface area contributed by atoms with Gasteiger partial charge in [0.05, 0.1) is 16.5 Å². The van der Waals surface area contributed by atoms with Gasteiger partial charge < -0.3 is 38.9 Å². The largest absolute Gasteiger partial charge is 0.370 e. The van der Waals surface area contributed by atoms with Crippen molar-refractivity contribution in [1.82, 2.24) is 16.0 Å². The van der Waals surface area contributed by atoms with Gasteiger partial charge in [-0.2, -0.15) is 0 Å². The molecule has 11 N–H and O–H groups in total. The third-order valence-corrected chi connectivity index (χ3v) is 6.44. The topological polar surface area (TPSA) is 204 Å². The molecule has 0 radical (unpaired) electrons. The number of halogens is 2. The van der Waals surface area contributed by atoms with Crippen LogP contribution in [0.1, 0.15) is 56.9 Å². The molecule has 0 bridgehead atoms. The summed E-state index contributed by atoms with van der Waals surface area (Å²) in [4.78, 5) is 42.7. The van der Waals surface area contributed by atoms with E-state index in [-0.39, 0.29) is 24.2 Å². The van der Waals surface area contributed by atoms with Gasteiger partial charge in [0.1, 0.15) is 12.1 Å². The maximum Gasteiger partial charge on any atom is 0.243 e. The molecule has 0 saturated carbocycles. The van der Waals surface area contributed by atoms with Gasteiger partial charge in [-0.3, -0.25) is 19.4 Å². The first-order valence-electron chi connectivity index (χ1n) is 12.9. The number of carbonyl (C=O) groups excluding carboxylic acids is 3. The number of carbonyl (C=O) groups is 3. The second kappa shape index (κ2) is 19.5. The minimum Gasteiger partial charge on any atom is -0.370 e. The molecule has 1 aromatic carbocycles. The number of unbranched alkanes of at least 4 members (excludes halogenated alkanes) is 3. The third kappa shape index (κ3) is 14.4. The Morgan fingerprint density at radius 2 is 1.45 bits per heavy atom. The minimum absolute atomic E-state index is 0.0256. The number of aliphatic imine (C=N–C) groups is 1. The molecular weight excluding hydrogens is 531 g/mol. The van der Waals surface area contributed by atoms with Crippen LogP contribution in [0, 0.1) is 0 Å². The fraction of sp³-hybridized carbons (Fsp3) is 0.600. The molecular formula is C25H42Cl2N8O3. The molecule has 38 heavy (non-hydrogen) atoms.